The van der Waals surface area contributed by atoms with Gasteiger partial charge in [-0.25, -0.2) is 9.78 Å². The number of pyridine rings is 2. The SMILES string of the molecule is COC(=O)c1ccccc1NC(=O)c1ccnc(NCc2ccccn2)c1. The highest BCUT2D eigenvalue weighted by Crippen LogP contribution is 2.18. The van der Waals surface area contributed by atoms with Gasteiger partial charge in [0.2, 0.25) is 0 Å². The van der Waals surface area contributed by atoms with Crippen molar-refractivity contribution in [3.8, 4) is 0 Å². The fourth-order valence-electron chi connectivity index (χ4n) is 2.43. The van der Waals surface area contributed by atoms with E-state index in [4.69, 9.17) is 4.74 Å². The third-order valence-electron chi connectivity index (χ3n) is 3.78. The van der Waals surface area contributed by atoms with Gasteiger partial charge >= 0.3 is 5.97 Å². The smallest absolute Gasteiger partial charge is 0.339 e. The van der Waals surface area contributed by atoms with Gasteiger partial charge in [0.15, 0.2) is 0 Å². The minimum absolute atomic E-state index is 0.288. The molecule has 0 saturated heterocycles. The molecule has 7 heteroatoms. The third kappa shape index (κ3) is 4.66. The summed E-state index contributed by atoms with van der Waals surface area (Å²) in [6.07, 6.45) is 3.26. The number of nitrogens with zero attached hydrogens (tertiary/aromatic N) is 2. The summed E-state index contributed by atoms with van der Waals surface area (Å²) in [7, 11) is 1.29. The number of anilines is 2. The number of ether oxygens (including phenoxy) is 1. The Morgan fingerprint density at radius 3 is 2.59 bits per heavy atom. The predicted octanol–water partition coefficient (Wildman–Crippen LogP) is 3.13. The van der Waals surface area contributed by atoms with Crippen LogP contribution in [0, 0.1) is 0 Å². The summed E-state index contributed by atoms with van der Waals surface area (Å²) in [5, 5.41) is 5.87. The number of carbonyl (C=O) groups excluding carboxylic acids is 2. The van der Waals surface area contributed by atoms with Crippen LogP contribution in [-0.4, -0.2) is 29.0 Å². The lowest BCUT2D eigenvalue weighted by Gasteiger charge is -2.10. The molecule has 27 heavy (non-hydrogen) atoms. The Balaban J connectivity index is 1.72. The number of hydrogen-bond donors (Lipinski definition) is 2. The molecule has 0 aliphatic heterocycles. The highest BCUT2D eigenvalue weighted by atomic mass is 16.5. The predicted molar refractivity (Wildman–Crippen MR) is 102 cm³/mol. The highest BCUT2D eigenvalue weighted by molar-refractivity contribution is 6.08. The summed E-state index contributed by atoms with van der Waals surface area (Å²) in [5.41, 5.74) is 1.94. The largest absolute Gasteiger partial charge is 0.465 e. The molecular weight excluding hydrogens is 344 g/mol. The number of nitrogens with one attached hydrogen (secondary N) is 2. The molecule has 0 unspecified atom stereocenters. The van der Waals surface area contributed by atoms with Gasteiger partial charge in [0.25, 0.3) is 5.91 Å². The van der Waals surface area contributed by atoms with Gasteiger partial charge in [-0.3, -0.25) is 9.78 Å². The molecule has 0 radical (unpaired) electrons. The van der Waals surface area contributed by atoms with Gasteiger partial charge in [-0.15, -0.1) is 0 Å². The Labute approximate surface area is 156 Å². The Morgan fingerprint density at radius 1 is 1.00 bits per heavy atom. The summed E-state index contributed by atoms with van der Waals surface area (Å²) in [6.45, 7) is 0.490. The van der Waals surface area contributed by atoms with Crippen molar-refractivity contribution in [2.75, 3.05) is 17.7 Å². The van der Waals surface area contributed by atoms with Crippen LogP contribution in [0.25, 0.3) is 0 Å². The molecule has 7 nitrogen and oxygen atoms in total. The average molecular weight is 362 g/mol. The number of methoxy groups -OCH3 is 1. The number of hydrogen-bond acceptors (Lipinski definition) is 6. The van der Waals surface area contributed by atoms with Crippen LogP contribution < -0.4 is 10.6 Å². The molecule has 2 N–H and O–H groups in total. The number of benzene rings is 1. The molecule has 3 rings (SSSR count). The standard InChI is InChI=1S/C20H18N4O3/c1-27-20(26)16-7-2-3-8-17(16)24-19(25)14-9-11-22-18(12-14)23-13-15-6-4-5-10-21-15/h2-12H,13H2,1H3,(H,22,23)(H,24,25). The van der Waals surface area contributed by atoms with Crippen LogP contribution in [0.2, 0.25) is 0 Å². The molecule has 0 spiro atoms. The molecule has 1 aromatic carbocycles. The summed E-state index contributed by atoms with van der Waals surface area (Å²) >= 11 is 0. The lowest BCUT2D eigenvalue weighted by molar-refractivity contribution is 0.0602. The summed E-state index contributed by atoms with van der Waals surface area (Å²) < 4.78 is 4.74. The molecule has 0 saturated carbocycles. The van der Waals surface area contributed by atoms with Crippen LogP contribution in [0.5, 0.6) is 0 Å². The van der Waals surface area contributed by atoms with Crippen LogP contribution in [-0.2, 0) is 11.3 Å². The van der Waals surface area contributed by atoms with Crippen LogP contribution in [0.3, 0.4) is 0 Å². The van der Waals surface area contributed by atoms with Crippen molar-refractivity contribution in [1.29, 1.82) is 0 Å². The fourth-order valence-corrected chi connectivity index (χ4v) is 2.43. The number of esters is 1. The van der Waals surface area contributed by atoms with Crippen LogP contribution in [0.1, 0.15) is 26.4 Å². The van der Waals surface area contributed by atoms with Crippen molar-refractivity contribution in [3.63, 3.8) is 0 Å². The summed E-state index contributed by atoms with van der Waals surface area (Å²) in [6, 6.07) is 15.6. The summed E-state index contributed by atoms with van der Waals surface area (Å²) in [4.78, 5) is 32.8. The minimum atomic E-state index is -0.515. The molecule has 0 fully saturated rings. The van der Waals surface area contributed by atoms with Crippen LogP contribution in [0.15, 0.2) is 67.0 Å². The number of aromatic nitrogens is 2. The molecule has 0 aliphatic carbocycles. The molecule has 0 atom stereocenters. The van der Waals surface area contributed by atoms with Gasteiger partial charge < -0.3 is 15.4 Å². The van der Waals surface area contributed by atoms with E-state index in [0.29, 0.717) is 23.6 Å². The van der Waals surface area contributed by atoms with E-state index in [1.165, 1.54) is 7.11 Å². The Kier molecular flexibility index (Phi) is 5.73. The number of rotatable bonds is 6. The maximum absolute atomic E-state index is 12.6. The van der Waals surface area contributed by atoms with Gasteiger partial charge in [0.1, 0.15) is 5.82 Å². The number of carbonyl (C=O) groups is 2. The van der Waals surface area contributed by atoms with E-state index < -0.39 is 5.97 Å². The van der Waals surface area contributed by atoms with Crippen molar-refractivity contribution in [1.82, 2.24) is 9.97 Å². The quantitative estimate of drug-likeness (QED) is 0.655. The molecule has 1 amide bonds. The molecule has 3 aromatic rings. The molecule has 2 heterocycles. The van der Waals surface area contributed by atoms with E-state index >= 15 is 0 Å². The van der Waals surface area contributed by atoms with Gasteiger partial charge in [-0.2, -0.15) is 0 Å². The minimum Gasteiger partial charge on any atom is -0.465 e. The van der Waals surface area contributed by atoms with Crippen LogP contribution >= 0.6 is 0 Å². The second kappa shape index (κ2) is 8.57. The van der Waals surface area contributed by atoms with Gasteiger partial charge in [-0.05, 0) is 36.4 Å². The van der Waals surface area contributed by atoms with Gasteiger partial charge in [0, 0.05) is 18.0 Å². The zero-order chi connectivity index (χ0) is 19.1. The topological polar surface area (TPSA) is 93.2 Å². The first-order valence-corrected chi connectivity index (χ1v) is 8.26. The first-order valence-electron chi connectivity index (χ1n) is 8.26. The van der Waals surface area contributed by atoms with E-state index in [0.717, 1.165) is 5.69 Å². The fraction of sp³-hybridized carbons (Fsp3) is 0.100. The molecule has 2 aromatic heterocycles. The monoisotopic (exact) mass is 362 g/mol. The zero-order valence-electron chi connectivity index (χ0n) is 14.7. The van der Waals surface area contributed by atoms with E-state index in [-0.39, 0.29) is 11.5 Å². The highest BCUT2D eigenvalue weighted by Gasteiger charge is 2.14. The number of para-hydroxylation sites is 1. The lowest BCUT2D eigenvalue weighted by atomic mass is 10.1. The van der Waals surface area contributed by atoms with Crippen molar-refractivity contribution in [3.05, 3.63) is 83.8 Å². The maximum Gasteiger partial charge on any atom is 0.339 e. The Bertz CT molecular complexity index is 945. The van der Waals surface area contributed by atoms with Crippen molar-refractivity contribution >= 4 is 23.4 Å². The summed E-state index contributed by atoms with van der Waals surface area (Å²) in [5.74, 6) is -0.317. The van der Waals surface area contributed by atoms with E-state index in [1.807, 2.05) is 18.2 Å². The second-order valence-corrected chi connectivity index (χ2v) is 5.60. The van der Waals surface area contributed by atoms with Gasteiger partial charge in [0.05, 0.1) is 30.6 Å². The molecular formula is C20H18N4O3. The molecule has 0 bridgehead atoms. The van der Waals surface area contributed by atoms with Crippen molar-refractivity contribution < 1.29 is 14.3 Å². The van der Waals surface area contributed by atoms with Crippen LogP contribution in [0.4, 0.5) is 11.5 Å². The van der Waals surface area contributed by atoms with Gasteiger partial charge in [-0.1, -0.05) is 18.2 Å². The molecule has 0 aliphatic rings. The Morgan fingerprint density at radius 2 is 1.81 bits per heavy atom. The average Bonchev–Trinajstić information content (AvgIpc) is 2.73. The van der Waals surface area contributed by atoms with Crippen molar-refractivity contribution in [2.24, 2.45) is 0 Å². The second-order valence-electron chi connectivity index (χ2n) is 5.60. The number of amides is 1. The normalized spacial score (nSPS) is 10.1. The van der Waals surface area contributed by atoms with Crippen molar-refractivity contribution in [2.45, 2.75) is 6.54 Å². The first-order chi connectivity index (χ1) is 13.2. The van der Waals surface area contributed by atoms with E-state index in [9.17, 15) is 9.59 Å². The first kappa shape index (κ1) is 18.1. The van der Waals surface area contributed by atoms with E-state index in [2.05, 4.69) is 20.6 Å². The lowest BCUT2D eigenvalue weighted by Crippen LogP contribution is -2.16. The third-order valence-corrected chi connectivity index (χ3v) is 3.78. The Hall–Kier alpha value is -3.74. The molecule has 136 valence electrons. The zero-order valence-corrected chi connectivity index (χ0v) is 14.7. The van der Waals surface area contributed by atoms with E-state index in [1.54, 1.807) is 48.8 Å². The maximum atomic E-state index is 12.6.